The van der Waals surface area contributed by atoms with Gasteiger partial charge in [0.25, 0.3) is 0 Å². The molecule has 114 valence electrons. The number of benzene rings is 1. The van der Waals surface area contributed by atoms with Crippen LogP contribution in [-0.4, -0.2) is 6.03 Å². The zero-order chi connectivity index (χ0) is 14.9. The molecular weight excluding hydrogens is 262 g/mol. The lowest BCUT2D eigenvalue weighted by molar-refractivity contribution is 0.243. The maximum atomic E-state index is 11.7. The van der Waals surface area contributed by atoms with Crippen molar-refractivity contribution in [2.75, 3.05) is 0 Å². The first kappa shape index (κ1) is 15.6. The highest BCUT2D eigenvalue weighted by atomic mass is 16.2. The third kappa shape index (κ3) is 5.60. The van der Waals surface area contributed by atoms with E-state index in [2.05, 4.69) is 16.7 Å². The van der Waals surface area contributed by atoms with Gasteiger partial charge in [-0.2, -0.15) is 0 Å². The van der Waals surface area contributed by atoms with Crippen LogP contribution in [0.3, 0.4) is 0 Å². The molecule has 4 heteroatoms. The van der Waals surface area contributed by atoms with Gasteiger partial charge in [-0.05, 0) is 29.9 Å². The third-order valence-electron chi connectivity index (χ3n) is 3.91. The summed E-state index contributed by atoms with van der Waals surface area (Å²) in [5.41, 5.74) is 7.74. The number of amides is 2. The van der Waals surface area contributed by atoms with Crippen molar-refractivity contribution in [3.8, 4) is 0 Å². The molecule has 1 fully saturated rings. The monoisotopic (exact) mass is 287 g/mol. The number of carbonyl (C=O) groups is 1. The number of nitrogens with two attached hydrogens (primary N) is 1. The summed E-state index contributed by atoms with van der Waals surface area (Å²) in [4.78, 5) is 11.7. The molecule has 0 heterocycles. The van der Waals surface area contributed by atoms with Crippen molar-refractivity contribution in [2.24, 2.45) is 11.7 Å². The average Bonchev–Trinajstić information content (AvgIpc) is 2.54. The zero-order valence-electron chi connectivity index (χ0n) is 12.5. The van der Waals surface area contributed by atoms with E-state index in [9.17, 15) is 4.79 Å². The van der Waals surface area contributed by atoms with Crippen molar-refractivity contribution in [3.05, 3.63) is 47.7 Å². The molecule has 21 heavy (non-hydrogen) atoms. The van der Waals surface area contributed by atoms with Crippen LogP contribution in [0.2, 0.25) is 0 Å². The third-order valence-corrected chi connectivity index (χ3v) is 3.91. The molecule has 1 aliphatic rings. The highest BCUT2D eigenvalue weighted by Crippen LogP contribution is 2.24. The second-order valence-electron chi connectivity index (χ2n) is 5.61. The highest BCUT2D eigenvalue weighted by molar-refractivity contribution is 5.74. The van der Waals surface area contributed by atoms with Gasteiger partial charge in [-0.3, -0.25) is 0 Å². The van der Waals surface area contributed by atoms with E-state index in [0.717, 1.165) is 11.1 Å². The van der Waals surface area contributed by atoms with Crippen molar-refractivity contribution in [1.82, 2.24) is 10.6 Å². The van der Waals surface area contributed by atoms with E-state index in [-0.39, 0.29) is 6.03 Å². The molecule has 0 unspecified atom stereocenters. The van der Waals surface area contributed by atoms with E-state index < -0.39 is 0 Å². The highest BCUT2D eigenvalue weighted by Gasteiger charge is 2.09. The first-order valence-corrected chi connectivity index (χ1v) is 7.77. The van der Waals surface area contributed by atoms with Gasteiger partial charge in [0.2, 0.25) is 0 Å². The lowest BCUT2D eigenvalue weighted by Gasteiger charge is -2.17. The zero-order valence-corrected chi connectivity index (χ0v) is 12.5. The first-order chi connectivity index (χ1) is 10.3. The van der Waals surface area contributed by atoms with E-state index in [1.54, 1.807) is 6.20 Å². The minimum absolute atomic E-state index is 0.166. The van der Waals surface area contributed by atoms with E-state index in [1.165, 1.54) is 32.1 Å². The molecule has 0 bridgehead atoms. The number of carbonyl (C=O) groups excluding carboxylic acids is 1. The van der Waals surface area contributed by atoms with Gasteiger partial charge in [-0.25, -0.2) is 4.79 Å². The molecule has 2 amide bonds. The van der Waals surface area contributed by atoms with Crippen molar-refractivity contribution >= 4 is 6.03 Å². The second kappa shape index (κ2) is 8.47. The predicted molar refractivity (Wildman–Crippen MR) is 85.4 cm³/mol. The Bertz CT molecular complexity index is 479. The second-order valence-corrected chi connectivity index (χ2v) is 5.61. The molecule has 0 aliphatic heterocycles. The Morgan fingerprint density at radius 3 is 2.76 bits per heavy atom. The summed E-state index contributed by atoms with van der Waals surface area (Å²) < 4.78 is 0. The van der Waals surface area contributed by atoms with Crippen LogP contribution >= 0.6 is 0 Å². The van der Waals surface area contributed by atoms with Crippen molar-refractivity contribution in [1.29, 1.82) is 0 Å². The van der Waals surface area contributed by atoms with Gasteiger partial charge < -0.3 is 16.4 Å². The standard InChI is InChI=1S/C17H25N3O/c18-12-15-7-4-8-16(11-15)13-20-17(21)19-10-9-14-5-2-1-3-6-14/h4,7-11,14H,1-3,5-6,12-13,18H2,(H2,19,20,21)/b10-9+. The van der Waals surface area contributed by atoms with Crippen LogP contribution in [-0.2, 0) is 13.1 Å². The molecule has 1 saturated carbocycles. The molecule has 1 aromatic rings. The summed E-state index contributed by atoms with van der Waals surface area (Å²) in [5, 5.41) is 5.62. The van der Waals surface area contributed by atoms with Crippen LogP contribution in [0.4, 0.5) is 4.79 Å². The minimum atomic E-state index is -0.166. The smallest absolute Gasteiger partial charge is 0.319 e. The normalized spacial score (nSPS) is 16.0. The Hall–Kier alpha value is -1.81. The fourth-order valence-electron chi connectivity index (χ4n) is 2.69. The molecule has 4 N–H and O–H groups in total. The van der Waals surface area contributed by atoms with Gasteiger partial charge in [0.05, 0.1) is 0 Å². The van der Waals surface area contributed by atoms with Crippen LogP contribution < -0.4 is 16.4 Å². The van der Waals surface area contributed by atoms with E-state index in [4.69, 9.17) is 5.73 Å². The van der Waals surface area contributed by atoms with Crippen LogP contribution in [0.1, 0.15) is 43.2 Å². The summed E-state index contributed by atoms with van der Waals surface area (Å²) in [7, 11) is 0. The van der Waals surface area contributed by atoms with Crippen molar-refractivity contribution < 1.29 is 4.79 Å². The van der Waals surface area contributed by atoms with Crippen molar-refractivity contribution in [2.45, 2.75) is 45.2 Å². The number of rotatable bonds is 5. The number of hydrogen-bond acceptors (Lipinski definition) is 2. The first-order valence-electron chi connectivity index (χ1n) is 7.77. The fourth-order valence-corrected chi connectivity index (χ4v) is 2.69. The number of allylic oxidation sites excluding steroid dienone is 1. The van der Waals surface area contributed by atoms with Gasteiger partial charge in [-0.15, -0.1) is 0 Å². The summed E-state index contributed by atoms with van der Waals surface area (Å²) in [6.45, 7) is 1.03. The molecule has 0 saturated heterocycles. The Balaban J connectivity index is 1.70. The van der Waals surface area contributed by atoms with Crippen LogP contribution in [0.25, 0.3) is 0 Å². The Morgan fingerprint density at radius 2 is 2.00 bits per heavy atom. The molecule has 1 aromatic carbocycles. The molecule has 0 atom stereocenters. The molecular formula is C17H25N3O. The SMILES string of the molecule is NCc1cccc(CNC(=O)N/C=C/C2CCCCC2)c1. The summed E-state index contributed by atoms with van der Waals surface area (Å²) in [6, 6.07) is 7.77. The Kier molecular flexibility index (Phi) is 6.28. The quantitative estimate of drug-likeness (QED) is 0.779. The largest absolute Gasteiger partial charge is 0.334 e. The van der Waals surface area contributed by atoms with E-state index in [0.29, 0.717) is 19.0 Å². The Labute approximate surface area is 126 Å². The maximum Gasteiger partial charge on any atom is 0.319 e. The maximum absolute atomic E-state index is 11.7. The predicted octanol–water partition coefficient (Wildman–Crippen LogP) is 3.04. The van der Waals surface area contributed by atoms with Gasteiger partial charge in [-0.1, -0.05) is 49.6 Å². The van der Waals surface area contributed by atoms with E-state index in [1.807, 2.05) is 24.3 Å². The topological polar surface area (TPSA) is 67.1 Å². The minimum Gasteiger partial charge on any atom is -0.334 e. The van der Waals surface area contributed by atoms with Gasteiger partial charge >= 0.3 is 6.03 Å². The average molecular weight is 287 g/mol. The Morgan fingerprint density at radius 1 is 1.24 bits per heavy atom. The number of hydrogen-bond donors (Lipinski definition) is 3. The molecule has 0 radical (unpaired) electrons. The van der Waals surface area contributed by atoms with Crippen LogP contribution in [0.5, 0.6) is 0 Å². The lowest BCUT2D eigenvalue weighted by Crippen LogP contribution is -2.31. The summed E-state index contributed by atoms with van der Waals surface area (Å²) in [6.07, 6.45) is 10.3. The molecule has 4 nitrogen and oxygen atoms in total. The van der Waals surface area contributed by atoms with Gasteiger partial charge in [0, 0.05) is 19.3 Å². The van der Waals surface area contributed by atoms with Crippen molar-refractivity contribution in [3.63, 3.8) is 0 Å². The number of nitrogens with one attached hydrogen (secondary N) is 2. The molecule has 0 aromatic heterocycles. The lowest BCUT2D eigenvalue weighted by atomic mass is 9.89. The summed E-state index contributed by atoms with van der Waals surface area (Å²) in [5.74, 6) is 0.625. The van der Waals surface area contributed by atoms with Gasteiger partial charge in [0.1, 0.15) is 0 Å². The van der Waals surface area contributed by atoms with E-state index >= 15 is 0 Å². The fraction of sp³-hybridized carbons (Fsp3) is 0.471. The summed E-state index contributed by atoms with van der Waals surface area (Å²) >= 11 is 0. The van der Waals surface area contributed by atoms with Crippen LogP contribution in [0.15, 0.2) is 36.5 Å². The molecule has 2 rings (SSSR count). The molecule has 1 aliphatic carbocycles. The molecule has 0 spiro atoms. The van der Waals surface area contributed by atoms with Gasteiger partial charge in [0.15, 0.2) is 0 Å². The number of urea groups is 1. The van der Waals surface area contributed by atoms with Crippen LogP contribution in [0, 0.1) is 5.92 Å².